The largest absolute Gasteiger partial charge is 0.0879 e. The van der Waals surface area contributed by atoms with Crippen molar-refractivity contribution >= 4 is 0 Å². The summed E-state index contributed by atoms with van der Waals surface area (Å²) in [5, 5.41) is 0. The lowest BCUT2D eigenvalue weighted by Crippen LogP contribution is -2.47. The molecule has 0 aromatic carbocycles. The van der Waals surface area contributed by atoms with Crippen LogP contribution in [0.2, 0.25) is 0 Å². The molecule has 7 atom stereocenters. The molecule has 0 bridgehead atoms. The standard InChI is InChI=1S/C21H34/c1-4-16-7-10-20-19-9-6-15-13-14(2)5-8-17(15)18(19)11-12-21(16,20)3/h4,14-15,17-20H,5-13H2,1-3H3/b16-4-. The van der Waals surface area contributed by atoms with Crippen molar-refractivity contribution in [1.82, 2.24) is 0 Å². The van der Waals surface area contributed by atoms with Crippen LogP contribution < -0.4 is 0 Å². The summed E-state index contributed by atoms with van der Waals surface area (Å²) in [5.74, 6) is 6.43. The van der Waals surface area contributed by atoms with Gasteiger partial charge in [0, 0.05) is 0 Å². The van der Waals surface area contributed by atoms with Gasteiger partial charge in [0.05, 0.1) is 0 Å². The molecule has 0 spiro atoms. The fourth-order valence-corrected chi connectivity index (χ4v) is 7.41. The average Bonchev–Trinajstić information content (AvgIpc) is 2.83. The summed E-state index contributed by atoms with van der Waals surface area (Å²) >= 11 is 0. The highest BCUT2D eigenvalue weighted by molar-refractivity contribution is 5.23. The summed E-state index contributed by atoms with van der Waals surface area (Å²) < 4.78 is 0. The summed E-state index contributed by atoms with van der Waals surface area (Å²) in [6.45, 7) is 7.40. The van der Waals surface area contributed by atoms with Crippen LogP contribution >= 0.6 is 0 Å². The lowest BCUT2D eigenvalue weighted by Gasteiger charge is -2.55. The lowest BCUT2D eigenvalue weighted by atomic mass is 9.50. The molecule has 4 rings (SSSR count). The molecule has 0 N–H and O–H groups in total. The van der Waals surface area contributed by atoms with E-state index in [1.165, 1.54) is 25.7 Å². The van der Waals surface area contributed by atoms with E-state index in [0.717, 1.165) is 35.5 Å². The van der Waals surface area contributed by atoms with Crippen molar-refractivity contribution in [1.29, 1.82) is 0 Å². The minimum atomic E-state index is 0.588. The SMILES string of the molecule is C/C=C1/CCC2C3CCC4CC(C)CCC4C3CCC12C. The Kier molecular flexibility index (Phi) is 3.51. The van der Waals surface area contributed by atoms with E-state index in [2.05, 4.69) is 26.8 Å². The molecule has 0 saturated heterocycles. The predicted octanol–water partition coefficient (Wildman–Crippen LogP) is 6.22. The topological polar surface area (TPSA) is 0 Å². The zero-order valence-electron chi connectivity index (χ0n) is 14.4. The Labute approximate surface area is 131 Å². The van der Waals surface area contributed by atoms with Crippen molar-refractivity contribution in [3.05, 3.63) is 11.6 Å². The van der Waals surface area contributed by atoms with Gasteiger partial charge in [-0.15, -0.1) is 0 Å². The Bertz CT molecular complexity index is 433. The molecule has 4 aliphatic rings. The van der Waals surface area contributed by atoms with Gasteiger partial charge in [-0.1, -0.05) is 31.9 Å². The number of allylic oxidation sites excluding steroid dienone is 2. The van der Waals surface area contributed by atoms with Crippen LogP contribution in [0.1, 0.15) is 78.6 Å². The summed E-state index contributed by atoms with van der Waals surface area (Å²) in [7, 11) is 0. The molecule has 0 radical (unpaired) electrons. The van der Waals surface area contributed by atoms with Gasteiger partial charge in [0.2, 0.25) is 0 Å². The maximum atomic E-state index is 2.62. The van der Waals surface area contributed by atoms with Crippen LogP contribution in [0.4, 0.5) is 0 Å². The third-order valence-electron chi connectivity index (χ3n) is 8.41. The third-order valence-corrected chi connectivity index (χ3v) is 8.41. The Morgan fingerprint density at radius 1 is 0.952 bits per heavy atom. The van der Waals surface area contributed by atoms with E-state index in [0.29, 0.717) is 5.41 Å². The van der Waals surface area contributed by atoms with E-state index in [1.54, 1.807) is 32.1 Å². The monoisotopic (exact) mass is 286 g/mol. The molecule has 7 unspecified atom stereocenters. The molecular formula is C21H34. The van der Waals surface area contributed by atoms with Gasteiger partial charge in [-0.05, 0) is 99.2 Å². The second-order valence-corrected chi connectivity index (χ2v) is 9.16. The molecule has 21 heavy (non-hydrogen) atoms. The highest BCUT2D eigenvalue weighted by atomic mass is 14.6. The molecule has 0 heteroatoms. The minimum Gasteiger partial charge on any atom is -0.0879 e. The van der Waals surface area contributed by atoms with Gasteiger partial charge in [0.15, 0.2) is 0 Å². The highest BCUT2D eigenvalue weighted by Crippen LogP contribution is 2.64. The molecule has 0 heterocycles. The number of hydrogen-bond acceptors (Lipinski definition) is 0. The molecule has 0 aromatic rings. The highest BCUT2D eigenvalue weighted by Gasteiger charge is 2.54. The Balaban J connectivity index is 1.58. The zero-order chi connectivity index (χ0) is 14.6. The summed E-state index contributed by atoms with van der Waals surface area (Å²) in [6, 6.07) is 0. The van der Waals surface area contributed by atoms with Crippen molar-refractivity contribution < 1.29 is 0 Å². The van der Waals surface area contributed by atoms with Crippen molar-refractivity contribution in [2.24, 2.45) is 40.9 Å². The van der Waals surface area contributed by atoms with Gasteiger partial charge >= 0.3 is 0 Å². The molecule has 0 aliphatic heterocycles. The first-order valence-electron chi connectivity index (χ1n) is 9.79. The molecule has 4 saturated carbocycles. The van der Waals surface area contributed by atoms with Gasteiger partial charge in [0.1, 0.15) is 0 Å². The first-order valence-corrected chi connectivity index (χ1v) is 9.79. The summed E-state index contributed by atoms with van der Waals surface area (Å²) in [6.07, 6.45) is 16.2. The van der Waals surface area contributed by atoms with Crippen LogP contribution in [0.15, 0.2) is 11.6 Å². The Hall–Kier alpha value is -0.260. The number of fused-ring (bicyclic) bond motifs is 5. The van der Waals surface area contributed by atoms with E-state index >= 15 is 0 Å². The Morgan fingerprint density at radius 2 is 1.76 bits per heavy atom. The quantitative estimate of drug-likeness (QED) is 0.464. The smallest absolute Gasteiger partial charge is 0.00853 e. The van der Waals surface area contributed by atoms with Crippen LogP contribution in [0.25, 0.3) is 0 Å². The zero-order valence-corrected chi connectivity index (χ0v) is 14.4. The summed E-state index contributed by atoms with van der Waals surface area (Å²) in [5.41, 5.74) is 2.40. The molecule has 4 fully saturated rings. The van der Waals surface area contributed by atoms with Gasteiger partial charge < -0.3 is 0 Å². The van der Waals surface area contributed by atoms with Crippen molar-refractivity contribution in [2.45, 2.75) is 78.6 Å². The summed E-state index contributed by atoms with van der Waals surface area (Å²) in [4.78, 5) is 0. The first kappa shape index (κ1) is 14.3. The second-order valence-electron chi connectivity index (χ2n) is 9.16. The Morgan fingerprint density at radius 3 is 2.57 bits per heavy atom. The van der Waals surface area contributed by atoms with Gasteiger partial charge in [-0.3, -0.25) is 0 Å². The second kappa shape index (κ2) is 5.14. The molecule has 4 aliphatic carbocycles. The molecule has 0 nitrogen and oxygen atoms in total. The van der Waals surface area contributed by atoms with Crippen molar-refractivity contribution in [2.75, 3.05) is 0 Å². The molecule has 118 valence electrons. The van der Waals surface area contributed by atoms with Crippen LogP contribution in [-0.4, -0.2) is 0 Å². The maximum absolute atomic E-state index is 2.62. The van der Waals surface area contributed by atoms with Crippen LogP contribution in [0.3, 0.4) is 0 Å². The fraction of sp³-hybridized carbons (Fsp3) is 0.905. The van der Waals surface area contributed by atoms with E-state index in [1.807, 2.05) is 5.57 Å². The average molecular weight is 287 g/mol. The normalized spacial score (nSPS) is 54.9. The van der Waals surface area contributed by atoms with Gasteiger partial charge in [0.25, 0.3) is 0 Å². The van der Waals surface area contributed by atoms with Crippen LogP contribution in [0, 0.1) is 40.9 Å². The number of rotatable bonds is 0. The predicted molar refractivity (Wildman–Crippen MR) is 90.0 cm³/mol. The number of hydrogen-bond donors (Lipinski definition) is 0. The van der Waals surface area contributed by atoms with E-state index < -0.39 is 0 Å². The van der Waals surface area contributed by atoms with Gasteiger partial charge in [-0.25, -0.2) is 0 Å². The minimum absolute atomic E-state index is 0.588. The van der Waals surface area contributed by atoms with Crippen molar-refractivity contribution in [3.8, 4) is 0 Å². The van der Waals surface area contributed by atoms with E-state index in [-0.39, 0.29) is 0 Å². The first-order chi connectivity index (χ1) is 10.1. The van der Waals surface area contributed by atoms with Crippen molar-refractivity contribution in [3.63, 3.8) is 0 Å². The third kappa shape index (κ3) is 2.07. The van der Waals surface area contributed by atoms with Crippen LogP contribution in [0.5, 0.6) is 0 Å². The molecule has 0 amide bonds. The maximum Gasteiger partial charge on any atom is -0.00853 e. The van der Waals surface area contributed by atoms with E-state index in [4.69, 9.17) is 0 Å². The van der Waals surface area contributed by atoms with Gasteiger partial charge in [-0.2, -0.15) is 0 Å². The fourth-order valence-electron chi connectivity index (χ4n) is 7.41. The molecule has 0 aromatic heterocycles. The lowest BCUT2D eigenvalue weighted by molar-refractivity contribution is -0.0470. The van der Waals surface area contributed by atoms with Crippen LogP contribution in [-0.2, 0) is 0 Å². The van der Waals surface area contributed by atoms with E-state index in [9.17, 15) is 0 Å². The molecular weight excluding hydrogens is 252 g/mol.